The third-order valence-electron chi connectivity index (χ3n) is 5.31. The van der Waals surface area contributed by atoms with Gasteiger partial charge in [-0.15, -0.1) is 0 Å². The number of carbonyl (C=O) groups excluding carboxylic acids is 1. The second kappa shape index (κ2) is 9.51. The first kappa shape index (κ1) is 22.0. The lowest BCUT2D eigenvalue weighted by Crippen LogP contribution is -2.34. The van der Waals surface area contributed by atoms with E-state index in [9.17, 15) is 4.79 Å². The van der Waals surface area contributed by atoms with Crippen LogP contribution in [0.1, 0.15) is 42.1 Å². The van der Waals surface area contributed by atoms with Gasteiger partial charge in [0, 0.05) is 11.3 Å². The van der Waals surface area contributed by atoms with Crippen molar-refractivity contribution in [3.05, 3.63) is 82.9 Å². The number of oxazole rings is 1. The van der Waals surface area contributed by atoms with Gasteiger partial charge >= 0.3 is 0 Å². The Morgan fingerprint density at radius 2 is 1.94 bits per heavy atom. The predicted octanol–water partition coefficient (Wildman–Crippen LogP) is 6.79. The highest BCUT2D eigenvalue weighted by Gasteiger charge is 2.13. The molecule has 32 heavy (non-hydrogen) atoms. The van der Waals surface area contributed by atoms with Gasteiger partial charge in [0.05, 0.1) is 10.6 Å². The van der Waals surface area contributed by atoms with Crippen LogP contribution in [0.5, 0.6) is 0 Å². The molecule has 0 saturated heterocycles. The van der Waals surface area contributed by atoms with E-state index in [4.69, 9.17) is 28.2 Å². The number of rotatable bonds is 5. The van der Waals surface area contributed by atoms with Gasteiger partial charge in [0.25, 0.3) is 5.91 Å². The summed E-state index contributed by atoms with van der Waals surface area (Å²) >= 11 is 11.4. The van der Waals surface area contributed by atoms with E-state index < -0.39 is 0 Å². The molecule has 0 aliphatic carbocycles. The minimum Gasteiger partial charge on any atom is -0.436 e. The summed E-state index contributed by atoms with van der Waals surface area (Å²) in [6.07, 6.45) is 1.07. The fourth-order valence-corrected chi connectivity index (χ4v) is 3.75. The summed E-state index contributed by atoms with van der Waals surface area (Å²) in [6, 6.07) is 20.4. The average Bonchev–Trinajstić information content (AvgIpc) is 3.22. The Balaban J connectivity index is 1.50. The summed E-state index contributed by atoms with van der Waals surface area (Å²) in [6.45, 7) is 4.37. The first-order valence-corrected chi connectivity index (χ1v) is 11.1. The van der Waals surface area contributed by atoms with Gasteiger partial charge in [-0.05, 0) is 72.6 Å². The topological polar surface area (TPSA) is 67.2 Å². The largest absolute Gasteiger partial charge is 0.436 e. The third-order valence-corrected chi connectivity index (χ3v) is 5.84. The highest BCUT2D eigenvalue weighted by molar-refractivity contribution is 7.80. The standard InChI is InChI=1S/C25H22ClN3O2S/c1-3-15(2)16-11-12-22-21(14-16)28-24(31-22)17-7-6-8-18(13-17)27-25(32)29-23(30)19-9-4-5-10-20(19)26/h4-15H,3H2,1-2H3,(H2,27,29,30,32)/t15-/m1/s1. The lowest BCUT2D eigenvalue weighted by molar-refractivity contribution is 0.0978. The van der Waals surface area contributed by atoms with Crippen molar-refractivity contribution in [1.29, 1.82) is 0 Å². The van der Waals surface area contributed by atoms with Gasteiger partial charge in [0.1, 0.15) is 5.52 Å². The normalized spacial score (nSPS) is 11.8. The molecule has 1 amide bonds. The number of hydrogen-bond donors (Lipinski definition) is 2. The molecule has 1 aromatic heterocycles. The zero-order valence-corrected chi connectivity index (χ0v) is 19.3. The van der Waals surface area contributed by atoms with Gasteiger partial charge in [-0.25, -0.2) is 4.98 Å². The lowest BCUT2D eigenvalue weighted by Gasteiger charge is -2.10. The van der Waals surface area contributed by atoms with E-state index in [-0.39, 0.29) is 11.0 Å². The molecule has 0 radical (unpaired) electrons. The zero-order chi connectivity index (χ0) is 22.7. The van der Waals surface area contributed by atoms with Gasteiger partial charge in [0.2, 0.25) is 5.89 Å². The molecule has 1 atom stereocenters. The maximum atomic E-state index is 12.4. The number of fused-ring (bicyclic) bond motifs is 1. The Hall–Kier alpha value is -3.22. The molecule has 5 nitrogen and oxygen atoms in total. The van der Waals surface area contributed by atoms with Crippen molar-refractivity contribution in [2.24, 2.45) is 0 Å². The minimum absolute atomic E-state index is 0.169. The molecular formula is C25H22ClN3O2S. The second-order valence-corrected chi connectivity index (χ2v) is 8.34. The summed E-state index contributed by atoms with van der Waals surface area (Å²) in [5, 5.41) is 6.20. The molecule has 4 aromatic rings. The molecule has 162 valence electrons. The minimum atomic E-state index is -0.375. The molecule has 0 fully saturated rings. The number of carbonyl (C=O) groups is 1. The molecule has 1 heterocycles. The number of nitrogens with zero attached hydrogens (tertiary/aromatic N) is 1. The van der Waals surface area contributed by atoms with Gasteiger partial charge in [-0.1, -0.05) is 49.7 Å². The number of thiocarbonyl (C=S) groups is 1. The van der Waals surface area contributed by atoms with Crippen LogP contribution in [0.15, 0.2) is 71.1 Å². The molecule has 2 N–H and O–H groups in total. The van der Waals surface area contributed by atoms with Crippen LogP contribution in [-0.4, -0.2) is 16.0 Å². The first-order chi connectivity index (χ1) is 15.4. The molecule has 0 unspecified atom stereocenters. The summed E-state index contributed by atoms with van der Waals surface area (Å²) in [5.41, 5.74) is 4.68. The summed E-state index contributed by atoms with van der Waals surface area (Å²) in [5.74, 6) is 0.616. The smallest absolute Gasteiger partial charge is 0.258 e. The fraction of sp³-hybridized carbons (Fsp3) is 0.160. The molecule has 0 bridgehead atoms. The molecule has 0 saturated carbocycles. The molecular weight excluding hydrogens is 442 g/mol. The van der Waals surface area contributed by atoms with Crippen molar-refractivity contribution in [2.75, 3.05) is 5.32 Å². The van der Waals surface area contributed by atoms with Crippen molar-refractivity contribution in [1.82, 2.24) is 10.3 Å². The van der Waals surface area contributed by atoms with Crippen LogP contribution in [0.25, 0.3) is 22.6 Å². The SMILES string of the molecule is CC[C@@H](C)c1ccc2oc(-c3cccc(NC(=S)NC(=O)c4ccccc4Cl)c3)nc2c1. The highest BCUT2D eigenvalue weighted by atomic mass is 35.5. The summed E-state index contributed by atoms with van der Waals surface area (Å²) in [4.78, 5) is 17.1. The van der Waals surface area contributed by atoms with E-state index in [0.29, 0.717) is 28.1 Å². The molecule has 3 aromatic carbocycles. The maximum absolute atomic E-state index is 12.4. The first-order valence-electron chi connectivity index (χ1n) is 10.3. The Kier molecular flexibility index (Phi) is 6.53. The number of hydrogen-bond acceptors (Lipinski definition) is 4. The summed E-state index contributed by atoms with van der Waals surface area (Å²) < 4.78 is 5.96. The number of amides is 1. The lowest BCUT2D eigenvalue weighted by atomic mass is 9.98. The van der Waals surface area contributed by atoms with E-state index in [1.165, 1.54) is 5.56 Å². The average molecular weight is 464 g/mol. The van der Waals surface area contributed by atoms with Crippen LogP contribution >= 0.6 is 23.8 Å². The predicted molar refractivity (Wildman–Crippen MR) is 133 cm³/mol. The van der Waals surface area contributed by atoms with E-state index >= 15 is 0 Å². The molecule has 0 spiro atoms. The Morgan fingerprint density at radius 3 is 2.72 bits per heavy atom. The van der Waals surface area contributed by atoms with Crippen LogP contribution in [-0.2, 0) is 0 Å². The Labute approximate surface area is 196 Å². The van der Waals surface area contributed by atoms with Gasteiger partial charge in [-0.3, -0.25) is 10.1 Å². The van der Waals surface area contributed by atoms with E-state index in [1.807, 2.05) is 30.3 Å². The molecule has 7 heteroatoms. The Morgan fingerprint density at radius 1 is 1.12 bits per heavy atom. The van der Waals surface area contributed by atoms with Crippen LogP contribution in [0.3, 0.4) is 0 Å². The Bertz CT molecular complexity index is 1300. The number of anilines is 1. The zero-order valence-electron chi connectivity index (χ0n) is 17.7. The number of benzene rings is 3. The van der Waals surface area contributed by atoms with Crippen molar-refractivity contribution in [2.45, 2.75) is 26.2 Å². The van der Waals surface area contributed by atoms with Crippen LogP contribution in [0, 0.1) is 0 Å². The van der Waals surface area contributed by atoms with Crippen molar-refractivity contribution in [3.8, 4) is 11.5 Å². The van der Waals surface area contributed by atoms with Crippen molar-refractivity contribution < 1.29 is 9.21 Å². The van der Waals surface area contributed by atoms with Crippen LogP contribution in [0.4, 0.5) is 5.69 Å². The number of halogens is 1. The monoisotopic (exact) mass is 463 g/mol. The van der Waals surface area contributed by atoms with Gasteiger partial charge in [0.15, 0.2) is 10.7 Å². The summed E-state index contributed by atoms with van der Waals surface area (Å²) in [7, 11) is 0. The fourth-order valence-electron chi connectivity index (χ4n) is 3.32. The molecule has 0 aliphatic heterocycles. The number of nitrogens with one attached hydrogen (secondary N) is 2. The number of aromatic nitrogens is 1. The second-order valence-electron chi connectivity index (χ2n) is 7.52. The van der Waals surface area contributed by atoms with E-state index in [0.717, 1.165) is 23.1 Å². The van der Waals surface area contributed by atoms with Crippen molar-refractivity contribution in [3.63, 3.8) is 0 Å². The molecule has 0 aliphatic rings. The quantitative estimate of drug-likeness (QED) is 0.319. The van der Waals surface area contributed by atoms with Gasteiger partial charge in [-0.2, -0.15) is 0 Å². The van der Waals surface area contributed by atoms with Crippen LogP contribution in [0.2, 0.25) is 5.02 Å². The van der Waals surface area contributed by atoms with E-state index in [1.54, 1.807) is 24.3 Å². The van der Waals surface area contributed by atoms with E-state index in [2.05, 4.69) is 41.6 Å². The maximum Gasteiger partial charge on any atom is 0.258 e. The third kappa shape index (κ3) is 4.82. The highest BCUT2D eigenvalue weighted by Crippen LogP contribution is 2.29. The van der Waals surface area contributed by atoms with Crippen molar-refractivity contribution >= 4 is 51.6 Å². The van der Waals surface area contributed by atoms with Crippen LogP contribution < -0.4 is 10.6 Å². The molecule has 4 rings (SSSR count). The van der Waals surface area contributed by atoms with Gasteiger partial charge < -0.3 is 9.73 Å².